The Balaban J connectivity index is 1.91. The van der Waals surface area contributed by atoms with E-state index in [0.717, 1.165) is 18.5 Å². The molecule has 21 heavy (non-hydrogen) atoms. The number of nitrogens with zero attached hydrogens (tertiary/aromatic N) is 2. The maximum atomic E-state index is 12.7. The zero-order valence-electron chi connectivity index (χ0n) is 12.0. The van der Waals surface area contributed by atoms with Crippen LogP contribution in [0.5, 0.6) is 0 Å². The standard InChI is InChI=1S/C17H18N2O2/c1-13-9-10-14-6-2-3-7-15(14)19(13)17(21)12-18-11-5-4-8-16(18)20/h2-8,11,13H,9-10,12H2,1H3/t13-/m1/s1. The maximum absolute atomic E-state index is 12.7. The molecule has 4 nitrogen and oxygen atoms in total. The first kappa shape index (κ1) is 13.6. The van der Waals surface area contributed by atoms with Crippen LogP contribution in [0, 0.1) is 0 Å². The van der Waals surface area contributed by atoms with Crippen molar-refractivity contribution in [3.8, 4) is 0 Å². The molecule has 1 amide bonds. The minimum Gasteiger partial charge on any atom is -0.308 e. The van der Waals surface area contributed by atoms with Gasteiger partial charge in [-0.15, -0.1) is 0 Å². The molecule has 2 aromatic rings. The number of aryl methyl sites for hydroxylation is 1. The Morgan fingerprint density at radius 2 is 1.95 bits per heavy atom. The highest BCUT2D eigenvalue weighted by Crippen LogP contribution is 2.30. The monoisotopic (exact) mass is 282 g/mol. The number of anilines is 1. The Morgan fingerprint density at radius 1 is 1.19 bits per heavy atom. The molecule has 1 aliphatic rings. The number of aromatic nitrogens is 1. The van der Waals surface area contributed by atoms with Gasteiger partial charge in [-0.3, -0.25) is 9.59 Å². The van der Waals surface area contributed by atoms with Crippen LogP contribution in [0.3, 0.4) is 0 Å². The number of pyridine rings is 1. The third-order valence-corrected chi connectivity index (χ3v) is 4.00. The average Bonchev–Trinajstić information content (AvgIpc) is 2.49. The summed E-state index contributed by atoms with van der Waals surface area (Å²) >= 11 is 0. The summed E-state index contributed by atoms with van der Waals surface area (Å²) in [6.07, 6.45) is 3.60. The topological polar surface area (TPSA) is 42.3 Å². The predicted molar refractivity (Wildman–Crippen MR) is 82.4 cm³/mol. The molecule has 0 spiro atoms. The molecule has 0 bridgehead atoms. The van der Waals surface area contributed by atoms with Crippen LogP contribution in [0.15, 0.2) is 53.5 Å². The molecule has 0 saturated carbocycles. The third-order valence-electron chi connectivity index (χ3n) is 4.00. The lowest BCUT2D eigenvalue weighted by atomic mass is 9.96. The molecule has 1 aromatic carbocycles. The number of benzene rings is 1. The number of rotatable bonds is 2. The van der Waals surface area contributed by atoms with Gasteiger partial charge in [-0.2, -0.15) is 0 Å². The van der Waals surface area contributed by atoms with Crippen LogP contribution in [0.25, 0.3) is 0 Å². The molecule has 0 N–H and O–H groups in total. The Bertz CT molecular complexity index is 720. The van der Waals surface area contributed by atoms with E-state index < -0.39 is 0 Å². The van der Waals surface area contributed by atoms with E-state index in [2.05, 4.69) is 13.0 Å². The number of amides is 1. The van der Waals surface area contributed by atoms with E-state index in [-0.39, 0.29) is 24.1 Å². The summed E-state index contributed by atoms with van der Waals surface area (Å²) < 4.78 is 1.45. The second-order valence-electron chi connectivity index (χ2n) is 5.45. The van der Waals surface area contributed by atoms with Gasteiger partial charge in [-0.05, 0) is 37.5 Å². The molecule has 2 heterocycles. The number of para-hydroxylation sites is 1. The van der Waals surface area contributed by atoms with Crippen molar-refractivity contribution in [2.45, 2.75) is 32.4 Å². The van der Waals surface area contributed by atoms with E-state index >= 15 is 0 Å². The van der Waals surface area contributed by atoms with Gasteiger partial charge in [0.1, 0.15) is 6.54 Å². The number of carbonyl (C=O) groups is 1. The predicted octanol–water partition coefficient (Wildman–Crippen LogP) is 2.22. The summed E-state index contributed by atoms with van der Waals surface area (Å²) in [6.45, 7) is 2.14. The van der Waals surface area contributed by atoms with Crippen molar-refractivity contribution >= 4 is 11.6 Å². The van der Waals surface area contributed by atoms with Gasteiger partial charge in [0.2, 0.25) is 5.91 Å². The molecule has 0 saturated heterocycles. The summed E-state index contributed by atoms with van der Waals surface area (Å²) in [6, 6.07) is 13.1. The molecular formula is C17H18N2O2. The van der Waals surface area contributed by atoms with Crippen LogP contribution in [-0.2, 0) is 17.8 Å². The van der Waals surface area contributed by atoms with E-state index in [4.69, 9.17) is 0 Å². The number of hydrogen-bond donors (Lipinski definition) is 0. The fraction of sp³-hybridized carbons (Fsp3) is 0.294. The van der Waals surface area contributed by atoms with E-state index in [1.165, 1.54) is 16.2 Å². The van der Waals surface area contributed by atoms with Gasteiger partial charge in [-0.1, -0.05) is 24.3 Å². The average molecular weight is 282 g/mol. The van der Waals surface area contributed by atoms with Crippen LogP contribution in [0.4, 0.5) is 5.69 Å². The van der Waals surface area contributed by atoms with Crippen molar-refractivity contribution in [3.05, 3.63) is 64.6 Å². The maximum Gasteiger partial charge on any atom is 0.250 e. The summed E-state index contributed by atoms with van der Waals surface area (Å²) in [7, 11) is 0. The molecule has 0 fully saturated rings. The zero-order valence-corrected chi connectivity index (χ0v) is 12.0. The fourth-order valence-electron chi connectivity index (χ4n) is 2.88. The second-order valence-corrected chi connectivity index (χ2v) is 5.45. The Labute approximate surface area is 123 Å². The normalized spacial score (nSPS) is 17.4. The molecule has 1 aliphatic heterocycles. The quantitative estimate of drug-likeness (QED) is 0.847. The summed E-state index contributed by atoms with van der Waals surface area (Å²) in [5.41, 5.74) is 2.03. The lowest BCUT2D eigenvalue weighted by Gasteiger charge is -2.35. The smallest absolute Gasteiger partial charge is 0.250 e. The number of carbonyl (C=O) groups excluding carboxylic acids is 1. The van der Waals surface area contributed by atoms with Gasteiger partial charge in [0.25, 0.3) is 5.56 Å². The van der Waals surface area contributed by atoms with Crippen molar-refractivity contribution in [1.29, 1.82) is 0 Å². The Hall–Kier alpha value is -2.36. The van der Waals surface area contributed by atoms with Crippen molar-refractivity contribution in [3.63, 3.8) is 0 Å². The number of fused-ring (bicyclic) bond motifs is 1. The molecule has 108 valence electrons. The SMILES string of the molecule is C[C@@H]1CCc2ccccc2N1C(=O)Cn1ccccc1=O. The molecule has 0 aliphatic carbocycles. The molecule has 0 unspecified atom stereocenters. The first-order valence-corrected chi connectivity index (χ1v) is 7.22. The highest BCUT2D eigenvalue weighted by atomic mass is 16.2. The highest BCUT2D eigenvalue weighted by molar-refractivity contribution is 5.95. The van der Waals surface area contributed by atoms with E-state index in [1.54, 1.807) is 18.3 Å². The van der Waals surface area contributed by atoms with E-state index in [9.17, 15) is 9.59 Å². The molecule has 1 atom stereocenters. The minimum atomic E-state index is -0.149. The summed E-state index contributed by atoms with van der Waals surface area (Å²) in [5, 5.41) is 0. The van der Waals surface area contributed by atoms with Gasteiger partial charge < -0.3 is 9.47 Å². The van der Waals surface area contributed by atoms with Crippen molar-refractivity contribution in [1.82, 2.24) is 4.57 Å². The van der Waals surface area contributed by atoms with Crippen LogP contribution in [-0.4, -0.2) is 16.5 Å². The lowest BCUT2D eigenvalue weighted by Crippen LogP contribution is -2.44. The minimum absolute atomic E-state index is 0.0389. The van der Waals surface area contributed by atoms with Crippen molar-refractivity contribution in [2.24, 2.45) is 0 Å². The van der Waals surface area contributed by atoms with Crippen molar-refractivity contribution in [2.75, 3.05) is 4.90 Å². The van der Waals surface area contributed by atoms with E-state index in [1.807, 2.05) is 23.1 Å². The summed E-state index contributed by atoms with van der Waals surface area (Å²) in [5.74, 6) is -0.0389. The van der Waals surface area contributed by atoms with Crippen LogP contribution < -0.4 is 10.5 Å². The van der Waals surface area contributed by atoms with Crippen molar-refractivity contribution < 1.29 is 4.79 Å². The molecule has 3 rings (SSSR count). The molecule has 1 aromatic heterocycles. The van der Waals surface area contributed by atoms with Crippen LogP contribution in [0.1, 0.15) is 18.9 Å². The van der Waals surface area contributed by atoms with Crippen LogP contribution in [0.2, 0.25) is 0 Å². The van der Waals surface area contributed by atoms with Crippen LogP contribution >= 0.6 is 0 Å². The fourth-order valence-corrected chi connectivity index (χ4v) is 2.88. The molecular weight excluding hydrogens is 264 g/mol. The largest absolute Gasteiger partial charge is 0.308 e. The Kier molecular flexibility index (Phi) is 3.60. The highest BCUT2D eigenvalue weighted by Gasteiger charge is 2.27. The molecule has 4 heteroatoms. The first-order valence-electron chi connectivity index (χ1n) is 7.22. The van der Waals surface area contributed by atoms with E-state index in [0.29, 0.717) is 0 Å². The number of hydrogen-bond acceptors (Lipinski definition) is 2. The lowest BCUT2D eigenvalue weighted by molar-refractivity contribution is -0.119. The van der Waals surface area contributed by atoms with Gasteiger partial charge in [0.15, 0.2) is 0 Å². The first-order chi connectivity index (χ1) is 10.2. The van der Waals surface area contributed by atoms with Gasteiger partial charge in [-0.25, -0.2) is 0 Å². The van der Waals surface area contributed by atoms with Gasteiger partial charge in [0, 0.05) is 24.0 Å². The third kappa shape index (κ3) is 2.61. The zero-order chi connectivity index (χ0) is 14.8. The second kappa shape index (κ2) is 5.56. The van der Waals surface area contributed by atoms with Gasteiger partial charge >= 0.3 is 0 Å². The Morgan fingerprint density at radius 3 is 2.76 bits per heavy atom. The summed E-state index contributed by atoms with van der Waals surface area (Å²) in [4.78, 5) is 26.2. The molecule has 0 radical (unpaired) electrons. The van der Waals surface area contributed by atoms with Gasteiger partial charge in [0.05, 0.1) is 0 Å².